The van der Waals surface area contributed by atoms with Crippen LogP contribution in [-0.2, 0) is 25.4 Å². The Morgan fingerprint density at radius 1 is 1.09 bits per heavy atom. The van der Waals surface area contributed by atoms with Gasteiger partial charge in [0.05, 0.1) is 42.2 Å². The van der Waals surface area contributed by atoms with Crippen molar-refractivity contribution in [1.29, 1.82) is 0 Å². The van der Waals surface area contributed by atoms with E-state index in [1.807, 2.05) is 81.3 Å². The number of pyridine rings is 1. The third kappa shape index (κ3) is 4.38. The number of aromatic nitrogens is 1. The molecule has 0 radical (unpaired) electrons. The van der Waals surface area contributed by atoms with E-state index < -0.39 is 18.3 Å². The number of carbonyl (C=O) groups excluding carboxylic acids is 1. The molecule has 2 bridgehead atoms. The molecular formula is C26H31BN2O5. The smallest absolute Gasteiger partial charge is 0.445 e. The van der Waals surface area contributed by atoms with Crippen molar-refractivity contribution in [1.82, 2.24) is 9.88 Å². The largest absolute Gasteiger partial charge is 0.496 e. The first-order valence-electron chi connectivity index (χ1n) is 11.8. The molecule has 178 valence electrons. The molecule has 2 saturated heterocycles. The number of hydrogen-bond acceptors (Lipinski definition) is 6. The van der Waals surface area contributed by atoms with E-state index in [2.05, 4.69) is 6.08 Å². The predicted octanol–water partition coefficient (Wildman–Crippen LogP) is 3.57. The fourth-order valence-electron chi connectivity index (χ4n) is 4.58. The van der Waals surface area contributed by atoms with Gasteiger partial charge in [0.15, 0.2) is 0 Å². The Morgan fingerprint density at radius 2 is 1.82 bits per heavy atom. The summed E-state index contributed by atoms with van der Waals surface area (Å²) in [6.07, 6.45) is 4.27. The normalized spacial score (nSPS) is 25.1. The molecule has 2 atom stereocenters. The van der Waals surface area contributed by atoms with Gasteiger partial charge in [-0.2, -0.15) is 0 Å². The van der Waals surface area contributed by atoms with Crippen LogP contribution in [0.5, 0.6) is 0 Å². The Labute approximate surface area is 201 Å². The number of fused-ring (bicyclic) bond motifs is 2. The fraction of sp³-hybridized carbons (Fsp3) is 0.462. The van der Waals surface area contributed by atoms with E-state index in [9.17, 15) is 4.79 Å². The average Bonchev–Trinajstić information content (AvgIpc) is 3.04. The number of carbonyl (C=O) groups is 1. The van der Waals surface area contributed by atoms with Gasteiger partial charge in [0.2, 0.25) is 0 Å². The summed E-state index contributed by atoms with van der Waals surface area (Å²) >= 11 is 0. The molecule has 5 rings (SSSR count). The Kier molecular flexibility index (Phi) is 6.00. The number of benzene rings is 1. The van der Waals surface area contributed by atoms with E-state index in [0.29, 0.717) is 19.6 Å². The second-order valence-corrected chi connectivity index (χ2v) is 10.2. The van der Waals surface area contributed by atoms with Crippen molar-refractivity contribution in [2.45, 2.75) is 64.0 Å². The maximum Gasteiger partial charge on any atom is 0.496 e. The molecule has 2 unspecified atom stereocenters. The van der Waals surface area contributed by atoms with E-state index in [1.54, 1.807) is 0 Å². The highest BCUT2D eigenvalue weighted by molar-refractivity contribution is 6.62. The standard InChI is InChI=1S/C26H31BN2O5/c1-25(2)26(3,4)34-27(33-25)20-10-11-23(28-14-20)19-12-21-16-31-17-22(13-19)29(21)24(30)32-15-18-8-6-5-7-9-18/h5-12,14,21-22H,13,15-17H2,1-4H3. The van der Waals surface area contributed by atoms with Gasteiger partial charge in [-0.1, -0.05) is 42.5 Å². The van der Waals surface area contributed by atoms with Gasteiger partial charge in [-0.25, -0.2) is 4.79 Å². The Morgan fingerprint density at radius 3 is 2.47 bits per heavy atom. The number of rotatable bonds is 4. The monoisotopic (exact) mass is 462 g/mol. The van der Waals surface area contributed by atoms with Crippen molar-refractivity contribution in [3.05, 3.63) is 66.0 Å². The van der Waals surface area contributed by atoms with Gasteiger partial charge in [-0.3, -0.25) is 9.88 Å². The molecule has 1 aromatic heterocycles. The van der Waals surface area contributed by atoms with Crippen molar-refractivity contribution in [3.8, 4) is 0 Å². The van der Waals surface area contributed by atoms with Crippen molar-refractivity contribution in [3.63, 3.8) is 0 Å². The fourth-order valence-corrected chi connectivity index (χ4v) is 4.58. The molecule has 2 aromatic rings. The van der Waals surface area contributed by atoms with Crippen molar-refractivity contribution in [2.75, 3.05) is 13.2 Å². The van der Waals surface area contributed by atoms with Crippen LogP contribution in [0.4, 0.5) is 4.79 Å². The molecule has 0 aliphatic carbocycles. The summed E-state index contributed by atoms with van der Waals surface area (Å²) in [5, 5.41) is 0. The second-order valence-electron chi connectivity index (χ2n) is 10.2. The summed E-state index contributed by atoms with van der Waals surface area (Å²) in [4.78, 5) is 19.4. The highest BCUT2D eigenvalue weighted by atomic mass is 16.7. The van der Waals surface area contributed by atoms with E-state index in [1.165, 1.54) is 0 Å². The van der Waals surface area contributed by atoms with Crippen LogP contribution in [0, 0.1) is 0 Å². The van der Waals surface area contributed by atoms with Gasteiger partial charge in [0.1, 0.15) is 6.61 Å². The molecule has 1 amide bonds. The highest BCUT2D eigenvalue weighted by Gasteiger charge is 2.51. The quantitative estimate of drug-likeness (QED) is 0.648. The van der Waals surface area contributed by atoms with Crippen LogP contribution in [0.3, 0.4) is 0 Å². The van der Waals surface area contributed by atoms with Gasteiger partial charge >= 0.3 is 13.2 Å². The summed E-state index contributed by atoms with van der Waals surface area (Å²) in [7, 11) is -0.436. The Balaban J connectivity index is 1.28. The molecule has 7 nitrogen and oxygen atoms in total. The predicted molar refractivity (Wildman–Crippen MR) is 129 cm³/mol. The molecule has 2 fully saturated rings. The number of ether oxygens (including phenoxy) is 2. The first-order valence-corrected chi connectivity index (χ1v) is 11.8. The lowest BCUT2D eigenvalue weighted by Crippen LogP contribution is -2.56. The van der Waals surface area contributed by atoms with Crippen LogP contribution in [0.1, 0.15) is 45.4 Å². The van der Waals surface area contributed by atoms with Crippen molar-refractivity contribution in [2.24, 2.45) is 0 Å². The lowest BCUT2D eigenvalue weighted by Gasteiger charge is -2.43. The van der Waals surface area contributed by atoms with Gasteiger partial charge in [-0.15, -0.1) is 0 Å². The van der Waals surface area contributed by atoms with Crippen LogP contribution in [0.15, 0.2) is 54.7 Å². The topological polar surface area (TPSA) is 70.1 Å². The van der Waals surface area contributed by atoms with Crippen molar-refractivity contribution >= 4 is 24.2 Å². The Bertz CT molecular complexity index is 1050. The molecule has 0 saturated carbocycles. The molecular weight excluding hydrogens is 431 g/mol. The summed E-state index contributed by atoms with van der Waals surface area (Å²) in [5.41, 5.74) is 3.10. The van der Waals surface area contributed by atoms with Crippen LogP contribution in [-0.4, -0.2) is 59.6 Å². The molecule has 3 aliphatic rings. The van der Waals surface area contributed by atoms with Gasteiger partial charge in [0.25, 0.3) is 0 Å². The third-order valence-electron chi connectivity index (χ3n) is 7.26. The lowest BCUT2D eigenvalue weighted by atomic mass is 9.80. The van der Waals surface area contributed by atoms with E-state index in [0.717, 1.165) is 22.3 Å². The minimum atomic E-state index is -0.436. The van der Waals surface area contributed by atoms with Crippen molar-refractivity contribution < 1.29 is 23.6 Å². The molecule has 4 heterocycles. The Hall–Kier alpha value is -2.68. The van der Waals surface area contributed by atoms with Crippen LogP contribution >= 0.6 is 0 Å². The zero-order valence-corrected chi connectivity index (χ0v) is 20.2. The van der Waals surface area contributed by atoms with Crippen LogP contribution in [0.2, 0.25) is 0 Å². The molecule has 0 spiro atoms. The first kappa shape index (κ1) is 23.1. The third-order valence-corrected chi connectivity index (χ3v) is 7.26. The summed E-state index contributed by atoms with van der Waals surface area (Å²) < 4.78 is 23.6. The summed E-state index contributed by atoms with van der Waals surface area (Å²) in [6.45, 7) is 9.36. The lowest BCUT2D eigenvalue weighted by molar-refractivity contribution is -0.0342. The average molecular weight is 462 g/mol. The van der Waals surface area contributed by atoms with Gasteiger partial charge < -0.3 is 18.8 Å². The molecule has 3 aliphatic heterocycles. The molecule has 8 heteroatoms. The number of hydrogen-bond donors (Lipinski definition) is 0. The van der Waals surface area contributed by atoms with Gasteiger partial charge in [-0.05, 0) is 51.3 Å². The highest BCUT2D eigenvalue weighted by Crippen LogP contribution is 2.37. The maximum atomic E-state index is 12.9. The zero-order valence-electron chi connectivity index (χ0n) is 20.2. The first-order chi connectivity index (χ1) is 16.2. The molecule has 1 aromatic carbocycles. The SMILES string of the molecule is CC1(C)OB(c2ccc(C3=CC4COCC(C3)N4C(=O)OCc3ccccc3)nc2)OC1(C)C. The molecule has 34 heavy (non-hydrogen) atoms. The summed E-state index contributed by atoms with van der Waals surface area (Å²) in [5.74, 6) is 0. The minimum Gasteiger partial charge on any atom is -0.445 e. The van der Waals surface area contributed by atoms with Crippen LogP contribution < -0.4 is 5.46 Å². The second kappa shape index (κ2) is 8.84. The maximum absolute atomic E-state index is 12.9. The number of nitrogens with zero attached hydrogens (tertiary/aromatic N) is 2. The zero-order chi connectivity index (χ0) is 23.9. The van der Waals surface area contributed by atoms with Gasteiger partial charge in [0, 0.05) is 11.7 Å². The minimum absolute atomic E-state index is 0.0772. The number of amides is 1. The van der Waals surface area contributed by atoms with E-state index in [-0.39, 0.29) is 24.8 Å². The van der Waals surface area contributed by atoms with Crippen LogP contribution in [0.25, 0.3) is 5.57 Å². The summed E-state index contributed by atoms with van der Waals surface area (Å²) in [6, 6.07) is 13.5. The van der Waals surface area contributed by atoms with E-state index >= 15 is 0 Å². The van der Waals surface area contributed by atoms with E-state index in [4.69, 9.17) is 23.8 Å². The number of morpholine rings is 1. The molecule has 0 N–H and O–H groups in total.